The van der Waals surface area contributed by atoms with Crippen molar-refractivity contribution in [1.82, 2.24) is 0 Å². The minimum Gasteiger partial charge on any atom is -0.478 e. The van der Waals surface area contributed by atoms with Crippen LogP contribution in [0, 0.1) is 0 Å². The quantitative estimate of drug-likeness (QED) is 0.759. The third-order valence-corrected chi connectivity index (χ3v) is 2.78. The molecule has 1 aliphatic rings. The van der Waals surface area contributed by atoms with Crippen LogP contribution < -0.4 is 0 Å². The van der Waals surface area contributed by atoms with Crippen LogP contribution in [0.2, 0.25) is 0 Å². The molecule has 15 heavy (non-hydrogen) atoms. The van der Waals surface area contributed by atoms with Gasteiger partial charge in [-0.15, -0.1) is 0 Å². The van der Waals surface area contributed by atoms with Crippen molar-refractivity contribution in [3.63, 3.8) is 0 Å². The zero-order valence-electron chi connectivity index (χ0n) is 8.57. The maximum atomic E-state index is 11.0. The van der Waals surface area contributed by atoms with E-state index in [0.29, 0.717) is 5.56 Å². The summed E-state index contributed by atoms with van der Waals surface area (Å²) in [6.45, 7) is 0. The standard InChI is InChI=1S/C13H14O2/c14-13(15)12-9-5-7-10-6-3-1-2-4-8-11(10)12/h4-5,7-9H,1-3,6H2,(H,14,15). The van der Waals surface area contributed by atoms with E-state index in [1.54, 1.807) is 6.07 Å². The molecular formula is C13H14O2. The maximum Gasteiger partial charge on any atom is 0.336 e. The number of hydrogen-bond donors (Lipinski definition) is 1. The maximum absolute atomic E-state index is 11.0. The summed E-state index contributed by atoms with van der Waals surface area (Å²) in [6, 6.07) is 5.53. The van der Waals surface area contributed by atoms with Gasteiger partial charge >= 0.3 is 5.97 Å². The number of aryl methyl sites for hydroxylation is 1. The largest absolute Gasteiger partial charge is 0.478 e. The van der Waals surface area contributed by atoms with Crippen LogP contribution in [0.15, 0.2) is 24.3 Å². The highest BCUT2D eigenvalue weighted by Gasteiger charge is 2.12. The topological polar surface area (TPSA) is 37.3 Å². The molecule has 0 spiro atoms. The van der Waals surface area contributed by atoms with Crippen LogP contribution in [0.1, 0.15) is 40.7 Å². The number of carbonyl (C=O) groups is 1. The molecule has 0 amide bonds. The Hall–Kier alpha value is -1.57. The predicted octanol–water partition coefficient (Wildman–Crippen LogP) is 3.12. The van der Waals surface area contributed by atoms with Gasteiger partial charge in [-0.2, -0.15) is 0 Å². The molecule has 0 radical (unpaired) electrons. The van der Waals surface area contributed by atoms with Crippen LogP contribution in [-0.2, 0) is 6.42 Å². The average molecular weight is 202 g/mol. The molecule has 1 aliphatic carbocycles. The van der Waals surface area contributed by atoms with Gasteiger partial charge in [0.1, 0.15) is 0 Å². The lowest BCUT2D eigenvalue weighted by molar-refractivity contribution is 0.0696. The third-order valence-electron chi connectivity index (χ3n) is 2.78. The van der Waals surface area contributed by atoms with Crippen LogP contribution in [0.5, 0.6) is 0 Å². The molecule has 1 N–H and O–H groups in total. The van der Waals surface area contributed by atoms with Gasteiger partial charge in [0.2, 0.25) is 0 Å². The Balaban J connectivity index is 2.52. The lowest BCUT2D eigenvalue weighted by atomic mass is 9.94. The van der Waals surface area contributed by atoms with Crippen molar-refractivity contribution in [1.29, 1.82) is 0 Å². The second kappa shape index (κ2) is 4.30. The number of fused-ring (bicyclic) bond motifs is 1. The van der Waals surface area contributed by atoms with Crippen LogP contribution in [0.3, 0.4) is 0 Å². The molecule has 2 rings (SSSR count). The average Bonchev–Trinajstić information content (AvgIpc) is 2.17. The van der Waals surface area contributed by atoms with Gasteiger partial charge in [-0.25, -0.2) is 4.79 Å². The Labute approximate surface area is 89.2 Å². The minimum atomic E-state index is -0.836. The molecule has 2 heteroatoms. The van der Waals surface area contributed by atoms with Gasteiger partial charge in [-0.3, -0.25) is 0 Å². The summed E-state index contributed by atoms with van der Waals surface area (Å²) >= 11 is 0. The summed E-state index contributed by atoms with van der Waals surface area (Å²) < 4.78 is 0. The van der Waals surface area contributed by atoms with Crippen LogP contribution >= 0.6 is 0 Å². The number of rotatable bonds is 1. The highest BCUT2D eigenvalue weighted by Crippen LogP contribution is 2.22. The van der Waals surface area contributed by atoms with Gasteiger partial charge in [-0.05, 0) is 42.9 Å². The summed E-state index contributed by atoms with van der Waals surface area (Å²) in [7, 11) is 0. The van der Waals surface area contributed by atoms with Crippen molar-refractivity contribution in [2.75, 3.05) is 0 Å². The smallest absolute Gasteiger partial charge is 0.336 e. The van der Waals surface area contributed by atoms with E-state index < -0.39 is 5.97 Å². The summed E-state index contributed by atoms with van der Waals surface area (Å²) in [4.78, 5) is 11.0. The van der Waals surface area contributed by atoms with E-state index in [9.17, 15) is 4.79 Å². The number of carboxylic acid groups (broad SMARTS) is 1. The fourth-order valence-electron chi connectivity index (χ4n) is 1.99. The molecule has 2 nitrogen and oxygen atoms in total. The van der Waals surface area contributed by atoms with Crippen molar-refractivity contribution in [2.45, 2.75) is 25.7 Å². The molecule has 0 aromatic heterocycles. The number of carboxylic acids is 1. The fourth-order valence-corrected chi connectivity index (χ4v) is 1.99. The summed E-state index contributed by atoms with van der Waals surface area (Å²) in [5.74, 6) is -0.836. The molecule has 0 aliphatic heterocycles. The van der Waals surface area contributed by atoms with E-state index in [2.05, 4.69) is 6.08 Å². The highest BCUT2D eigenvalue weighted by atomic mass is 16.4. The number of aromatic carboxylic acids is 1. The Morgan fingerprint density at radius 1 is 1.27 bits per heavy atom. The molecule has 0 bridgehead atoms. The second-order valence-electron chi connectivity index (χ2n) is 3.83. The van der Waals surface area contributed by atoms with Crippen molar-refractivity contribution in [3.8, 4) is 0 Å². The molecule has 0 saturated carbocycles. The van der Waals surface area contributed by atoms with E-state index in [1.165, 1.54) is 6.42 Å². The molecule has 0 heterocycles. The van der Waals surface area contributed by atoms with E-state index >= 15 is 0 Å². The van der Waals surface area contributed by atoms with Crippen molar-refractivity contribution >= 4 is 12.0 Å². The van der Waals surface area contributed by atoms with E-state index in [0.717, 1.165) is 30.4 Å². The van der Waals surface area contributed by atoms with Crippen molar-refractivity contribution in [2.24, 2.45) is 0 Å². The normalized spacial score (nSPS) is 15.2. The number of benzene rings is 1. The Kier molecular flexibility index (Phi) is 2.86. The Morgan fingerprint density at radius 3 is 2.93 bits per heavy atom. The molecule has 1 aromatic carbocycles. The van der Waals surface area contributed by atoms with Crippen LogP contribution in [0.25, 0.3) is 6.08 Å². The molecule has 0 atom stereocenters. The van der Waals surface area contributed by atoms with Gasteiger partial charge in [0.05, 0.1) is 5.56 Å². The monoisotopic (exact) mass is 202 g/mol. The summed E-state index contributed by atoms with van der Waals surface area (Å²) in [5.41, 5.74) is 2.47. The highest BCUT2D eigenvalue weighted by molar-refractivity contribution is 5.92. The first kappa shape index (κ1) is 9.97. The van der Waals surface area contributed by atoms with Gasteiger partial charge in [0, 0.05) is 0 Å². The number of hydrogen-bond acceptors (Lipinski definition) is 1. The van der Waals surface area contributed by atoms with Crippen molar-refractivity contribution in [3.05, 3.63) is 41.0 Å². The fraction of sp³-hybridized carbons (Fsp3) is 0.308. The van der Waals surface area contributed by atoms with Gasteiger partial charge in [-0.1, -0.05) is 24.3 Å². The first-order chi connectivity index (χ1) is 7.29. The first-order valence-corrected chi connectivity index (χ1v) is 5.31. The summed E-state index contributed by atoms with van der Waals surface area (Å²) in [5, 5.41) is 9.07. The molecule has 0 fully saturated rings. The lowest BCUT2D eigenvalue weighted by Crippen LogP contribution is -2.03. The van der Waals surface area contributed by atoms with Gasteiger partial charge < -0.3 is 5.11 Å². The van der Waals surface area contributed by atoms with Crippen LogP contribution in [0.4, 0.5) is 0 Å². The van der Waals surface area contributed by atoms with E-state index in [-0.39, 0.29) is 0 Å². The summed E-state index contributed by atoms with van der Waals surface area (Å²) in [6.07, 6.45) is 8.39. The van der Waals surface area contributed by atoms with Crippen molar-refractivity contribution < 1.29 is 9.90 Å². The zero-order valence-corrected chi connectivity index (χ0v) is 8.57. The Bertz CT molecular complexity index is 405. The first-order valence-electron chi connectivity index (χ1n) is 5.31. The van der Waals surface area contributed by atoms with E-state index in [1.807, 2.05) is 18.2 Å². The lowest BCUT2D eigenvalue weighted by Gasteiger charge is -2.11. The Morgan fingerprint density at radius 2 is 2.13 bits per heavy atom. The minimum absolute atomic E-state index is 0.422. The van der Waals surface area contributed by atoms with Gasteiger partial charge in [0.25, 0.3) is 0 Å². The molecule has 1 aromatic rings. The molecule has 0 unspecified atom stereocenters. The molecular weight excluding hydrogens is 188 g/mol. The zero-order chi connectivity index (χ0) is 10.7. The molecule has 78 valence electrons. The number of allylic oxidation sites excluding steroid dienone is 1. The second-order valence-corrected chi connectivity index (χ2v) is 3.83. The SMILES string of the molecule is O=C(O)c1cccc2c1C=CCCCC2. The van der Waals surface area contributed by atoms with Gasteiger partial charge in [0.15, 0.2) is 0 Å². The predicted molar refractivity (Wildman–Crippen MR) is 60.0 cm³/mol. The van der Waals surface area contributed by atoms with E-state index in [4.69, 9.17) is 5.11 Å². The van der Waals surface area contributed by atoms with Crippen LogP contribution in [-0.4, -0.2) is 11.1 Å². The molecule has 0 saturated heterocycles. The third kappa shape index (κ3) is 2.09.